The van der Waals surface area contributed by atoms with Crippen LogP contribution in [-0.4, -0.2) is 5.11 Å². The van der Waals surface area contributed by atoms with Crippen molar-refractivity contribution in [3.8, 4) is 16.9 Å². The van der Waals surface area contributed by atoms with Gasteiger partial charge in [-0.2, -0.15) is 0 Å². The number of phenols is 1. The van der Waals surface area contributed by atoms with Crippen LogP contribution in [0.25, 0.3) is 11.1 Å². The molecule has 4 rings (SSSR count). The summed E-state index contributed by atoms with van der Waals surface area (Å²) in [6, 6.07) is 16.7. The van der Waals surface area contributed by atoms with Gasteiger partial charge in [0.05, 0.1) is 5.56 Å². The Balaban J connectivity index is 1.43. The van der Waals surface area contributed by atoms with Crippen molar-refractivity contribution in [2.45, 2.75) is 50.9 Å². The van der Waals surface area contributed by atoms with Crippen LogP contribution in [0, 0.1) is 23.4 Å². The SMILES string of the molecule is C[C@@H](CC1CCC(c2cc(F)c(-c3ccc(O)c(F)c3)c(F)c2)CC1)c1ccccc1. The molecule has 0 spiro atoms. The van der Waals surface area contributed by atoms with E-state index in [9.17, 15) is 18.3 Å². The monoisotopic (exact) mass is 424 g/mol. The van der Waals surface area contributed by atoms with E-state index in [1.165, 1.54) is 23.8 Å². The lowest BCUT2D eigenvalue weighted by atomic mass is 9.75. The predicted octanol–water partition coefficient (Wildman–Crippen LogP) is 7.94. The van der Waals surface area contributed by atoms with Crippen molar-refractivity contribution in [3.63, 3.8) is 0 Å². The quantitative estimate of drug-likeness (QED) is 0.441. The number of hydrogen-bond donors (Lipinski definition) is 1. The summed E-state index contributed by atoms with van der Waals surface area (Å²) >= 11 is 0. The molecule has 1 aliphatic carbocycles. The third-order valence-electron chi connectivity index (χ3n) is 6.67. The Labute approximate surface area is 181 Å². The van der Waals surface area contributed by atoms with Gasteiger partial charge in [-0.1, -0.05) is 43.3 Å². The van der Waals surface area contributed by atoms with Gasteiger partial charge in [-0.15, -0.1) is 0 Å². The van der Waals surface area contributed by atoms with Gasteiger partial charge in [-0.3, -0.25) is 0 Å². The first-order valence-corrected chi connectivity index (χ1v) is 10.9. The van der Waals surface area contributed by atoms with E-state index >= 15 is 0 Å². The number of phenolic OH excluding ortho intramolecular Hbond substituents is 1. The Bertz CT molecular complexity index is 1020. The third-order valence-corrected chi connectivity index (χ3v) is 6.67. The maximum Gasteiger partial charge on any atom is 0.165 e. The second-order valence-electron chi connectivity index (χ2n) is 8.79. The van der Waals surface area contributed by atoms with Gasteiger partial charge >= 0.3 is 0 Å². The normalized spacial score (nSPS) is 19.9. The van der Waals surface area contributed by atoms with Gasteiger partial charge in [0.15, 0.2) is 11.6 Å². The Hall–Kier alpha value is -2.75. The van der Waals surface area contributed by atoms with Gasteiger partial charge in [0, 0.05) is 0 Å². The molecule has 0 saturated heterocycles. The molecule has 0 bridgehead atoms. The Morgan fingerprint density at radius 2 is 1.48 bits per heavy atom. The molecule has 3 aromatic rings. The molecule has 0 amide bonds. The molecule has 0 radical (unpaired) electrons. The van der Waals surface area contributed by atoms with Crippen LogP contribution in [-0.2, 0) is 0 Å². The Morgan fingerprint density at radius 1 is 0.839 bits per heavy atom. The fraction of sp³-hybridized carbons (Fsp3) is 0.333. The minimum Gasteiger partial charge on any atom is -0.505 e. The average Bonchev–Trinajstić information content (AvgIpc) is 2.77. The number of benzene rings is 3. The zero-order valence-corrected chi connectivity index (χ0v) is 17.6. The van der Waals surface area contributed by atoms with Crippen molar-refractivity contribution in [2.24, 2.45) is 5.92 Å². The molecule has 0 unspecified atom stereocenters. The van der Waals surface area contributed by atoms with Crippen molar-refractivity contribution in [3.05, 3.63) is 89.2 Å². The number of rotatable bonds is 5. The summed E-state index contributed by atoms with van der Waals surface area (Å²) in [7, 11) is 0. The largest absolute Gasteiger partial charge is 0.505 e. The second kappa shape index (κ2) is 9.17. The summed E-state index contributed by atoms with van der Waals surface area (Å²) in [6.45, 7) is 2.26. The summed E-state index contributed by atoms with van der Waals surface area (Å²) < 4.78 is 43.2. The Kier molecular flexibility index (Phi) is 6.35. The van der Waals surface area contributed by atoms with Crippen molar-refractivity contribution in [2.75, 3.05) is 0 Å². The summed E-state index contributed by atoms with van der Waals surface area (Å²) in [5.41, 5.74) is 1.85. The predicted molar refractivity (Wildman–Crippen MR) is 118 cm³/mol. The van der Waals surface area contributed by atoms with E-state index in [0.29, 0.717) is 17.4 Å². The summed E-state index contributed by atoms with van der Waals surface area (Å²) in [6.07, 6.45) is 5.06. The van der Waals surface area contributed by atoms with Crippen molar-refractivity contribution in [1.29, 1.82) is 0 Å². The van der Waals surface area contributed by atoms with Gasteiger partial charge in [0.1, 0.15) is 11.6 Å². The van der Waals surface area contributed by atoms with Crippen LogP contribution in [0.3, 0.4) is 0 Å². The fourth-order valence-corrected chi connectivity index (χ4v) is 4.92. The molecule has 0 aliphatic heterocycles. The molecule has 1 fully saturated rings. The van der Waals surface area contributed by atoms with Gasteiger partial charge in [0.25, 0.3) is 0 Å². The standard InChI is InChI=1S/C27H27F3O/c1-17(19-5-3-2-4-6-19)13-18-7-9-20(10-8-18)22-15-24(29)27(25(30)16-22)21-11-12-26(31)23(28)14-21/h2-6,11-12,14-18,20,31H,7-10,13H2,1H3/t17-,18?,20?/m0/s1. The van der Waals surface area contributed by atoms with Crippen LogP contribution in [0.5, 0.6) is 5.75 Å². The lowest BCUT2D eigenvalue weighted by molar-refractivity contribution is 0.296. The van der Waals surface area contributed by atoms with Crippen LogP contribution < -0.4 is 0 Å². The van der Waals surface area contributed by atoms with E-state index in [-0.39, 0.29) is 17.0 Å². The molecular weight excluding hydrogens is 397 g/mol. The molecule has 3 aromatic carbocycles. The van der Waals surface area contributed by atoms with Crippen LogP contribution in [0.15, 0.2) is 60.7 Å². The molecule has 0 heterocycles. The first-order valence-electron chi connectivity index (χ1n) is 10.9. The van der Waals surface area contributed by atoms with Gasteiger partial charge in [0.2, 0.25) is 0 Å². The molecule has 1 atom stereocenters. The highest BCUT2D eigenvalue weighted by Crippen LogP contribution is 2.41. The van der Waals surface area contributed by atoms with Crippen LogP contribution in [0.1, 0.15) is 62.0 Å². The Morgan fingerprint density at radius 3 is 2.10 bits per heavy atom. The van der Waals surface area contributed by atoms with E-state index < -0.39 is 23.2 Å². The second-order valence-corrected chi connectivity index (χ2v) is 8.79. The molecular formula is C27H27F3O. The lowest BCUT2D eigenvalue weighted by Gasteiger charge is -2.30. The van der Waals surface area contributed by atoms with Crippen LogP contribution in [0.4, 0.5) is 13.2 Å². The molecule has 1 nitrogen and oxygen atoms in total. The van der Waals surface area contributed by atoms with Crippen LogP contribution >= 0.6 is 0 Å². The number of hydrogen-bond acceptors (Lipinski definition) is 1. The van der Waals surface area contributed by atoms with E-state index in [1.807, 2.05) is 6.07 Å². The topological polar surface area (TPSA) is 20.2 Å². The van der Waals surface area contributed by atoms with Gasteiger partial charge in [-0.25, -0.2) is 13.2 Å². The summed E-state index contributed by atoms with van der Waals surface area (Å²) in [4.78, 5) is 0. The van der Waals surface area contributed by atoms with Crippen molar-refractivity contribution >= 4 is 0 Å². The van der Waals surface area contributed by atoms with Crippen molar-refractivity contribution < 1.29 is 18.3 Å². The lowest BCUT2D eigenvalue weighted by Crippen LogP contribution is -2.15. The molecule has 1 aliphatic rings. The van der Waals surface area contributed by atoms with E-state index in [0.717, 1.165) is 44.2 Å². The third kappa shape index (κ3) is 4.79. The number of halogens is 3. The highest BCUT2D eigenvalue weighted by Gasteiger charge is 2.26. The first kappa shape index (κ1) is 21.5. The maximum absolute atomic E-state index is 14.8. The molecule has 1 saturated carbocycles. The smallest absolute Gasteiger partial charge is 0.165 e. The molecule has 0 aromatic heterocycles. The highest BCUT2D eigenvalue weighted by molar-refractivity contribution is 5.66. The van der Waals surface area contributed by atoms with E-state index in [4.69, 9.17) is 0 Å². The maximum atomic E-state index is 14.8. The zero-order chi connectivity index (χ0) is 22.0. The van der Waals surface area contributed by atoms with E-state index in [1.54, 1.807) is 0 Å². The summed E-state index contributed by atoms with van der Waals surface area (Å²) in [5.74, 6) is -1.57. The van der Waals surface area contributed by atoms with Crippen LogP contribution in [0.2, 0.25) is 0 Å². The summed E-state index contributed by atoms with van der Waals surface area (Å²) in [5, 5.41) is 9.32. The molecule has 4 heteroatoms. The zero-order valence-electron chi connectivity index (χ0n) is 17.6. The van der Waals surface area contributed by atoms with E-state index in [2.05, 4.69) is 31.2 Å². The fourth-order valence-electron chi connectivity index (χ4n) is 4.92. The molecule has 162 valence electrons. The number of aromatic hydroxyl groups is 1. The first-order chi connectivity index (χ1) is 14.9. The highest BCUT2D eigenvalue weighted by atomic mass is 19.1. The molecule has 1 N–H and O–H groups in total. The van der Waals surface area contributed by atoms with Crippen molar-refractivity contribution in [1.82, 2.24) is 0 Å². The molecule has 31 heavy (non-hydrogen) atoms. The van der Waals surface area contributed by atoms with Gasteiger partial charge < -0.3 is 5.11 Å². The minimum atomic E-state index is -0.900. The minimum absolute atomic E-state index is 0.0791. The average molecular weight is 425 g/mol. The van der Waals surface area contributed by atoms with Gasteiger partial charge in [-0.05, 0) is 90.8 Å².